The molecule has 0 aromatic heterocycles. The summed E-state index contributed by atoms with van der Waals surface area (Å²) in [6.45, 7) is 3.66. The number of ether oxygens (including phenoxy) is 1. The molecule has 4 nitrogen and oxygen atoms in total. The molecule has 4 rings (SSSR count). The molecule has 5 heteroatoms. The van der Waals surface area contributed by atoms with Crippen LogP contribution < -0.4 is 4.74 Å². The number of rotatable bonds is 5. The Hall–Kier alpha value is -1.72. The fourth-order valence-corrected chi connectivity index (χ4v) is 5.12. The van der Waals surface area contributed by atoms with Crippen molar-refractivity contribution in [3.05, 3.63) is 42.0 Å². The highest BCUT2D eigenvalue weighted by atomic mass is 32.2. The van der Waals surface area contributed by atoms with Gasteiger partial charge in [0.15, 0.2) is 0 Å². The number of carbonyl (C=O) groups is 1. The predicted octanol–water partition coefficient (Wildman–Crippen LogP) is 4.28. The van der Waals surface area contributed by atoms with Gasteiger partial charge < -0.3 is 14.5 Å². The van der Waals surface area contributed by atoms with Crippen LogP contribution in [0.4, 0.5) is 0 Å². The first-order valence-electron chi connectivity index (χ1n) is 10.4. The third kappa shape index (κ3) is 4.64. The number of likely N-dealkylation sites (tertiary alicyclic amines) is 1. The van der Waals surface area contributed by atoms with Crippen molar-refractivity contribution in [1.82, 2.24) is 9.80 Å². The fourth-order valence-electron chi connectivity index (χ4n) is 4.22. The van der Waals surface area contributed by atoms with E-state index in [0.717, 1.165) is 59.7 Å². The second kappa shape index (κ2) is 9.19. The summed E-state index contributed by atoms with van der Waals surface area (Å²) in [5, 5.41) is 2.22. The van der Waals surface area contributed by atoms with Gasteiger partial charge in [0, 0.05) is 36.2 Å². The summed E-state index contributed by atoms with van der Waals surface area (Å²) in [4.78, 5) is 17.2. The number of carbonyl (C=O) groups excluding carboxylic acids is 1. The van der Waals surface area contributed by atoms with E-state index in [9.17, 15) is 4.79 Å². The molecule has 150 valence electrons. The topological polar surface area (TPSA) is 32.8 Å². The summed E-state index contributed by atoms with van der Waals surface area (Å²) in [6, 6.07) is 12.8. The minimum Gasteiger partial charge on any atom is -0.494 e. The number of fused-ring (bicyclic) bond motifs is 1. The van der Waals surface area contributed by atoms with E-state index in [2.05, 4.69) is 24.1 Å². The highest BCUT2D eigenvalue weighted by Crippen LogP contribution is 2.24. The van der Waals surface area contributed by atoms with Gasteiger partial charge in [-0.05, 0) is 67.9 Å². The number of hydrogen-bond acceptors (Lipinski definition) is 4. The van der Waals surface area contributed by atoms with Crippen molar-refractivity contribution >= 4 is 28.4 Å². The molecule has 0 N–H and O–H groups in total. The highest BCUT2D eigenvalue weighted by Gasteiger charge is 2.19. The van der Waals surface area contributed by atoms with Crippen LogP contribution in [0.5, 0.6) is 5.75 Å². The molecule has 2 aromatic carbocycles. The van der Waals surface area contributed by atoms with Gasteiger partial charge in [0.25, 0.3) is 5.91 Å². The Labute approximate surface area is 172 Å². The van der Waals surface area contributed by atoms with Gasteiger partial charge in [-0.25, -0.2) is 0 Å². The Kier molecular flexibility index (Phi) is 6.43. The second-order valence-electron chi connectivity index (χ2n) is 7.90. The predicted molar refractivity (Wildman–Crippen MR) is 118 cm³/mol. The molecule has 2 aliphatic heterocycles. The lowest BCUT2D eigenvalue weighted by atomic mass is 10.0. The van der Waals surface area contributed by atoms with Crippen molar-refractivity contribution in [2.24, 2.45) is 0 Å². The van der Waals surface area contributed by atoms with Crippen LogP contribution in [0.2, 0.25) is 0 Å². The molecule has 1 amide bonds. The lowest BCUT2D eigenvalue weighted by Crippen LogP contribution is -2.37. The molecule has 0 spiro atoms. The van der Waals surface area contributed by atoms with E-state index in [1.165, 1.54) is 25.8 Å². The average molecular weight is 399 g/mol. The zero-order chi connectivity index (χ0) is 19.3. The summed E-state index contributed by atoms with van der Waals surface area (Å²) in [7, 11) is 2.22. The zero-order valence-corrected chi connectivity index (χ0v) is 17.5. The molecule has 1 unspecified atom stereocenters. The summed E-state index contributed by atoms with van der Waals surface area (Å²) in [5.41, 5.74) is 0.786. The monoisotopic (exact) mass is 398 g/mol. The first kappa shape index (κ1) is 19.6. The van der Waals surface area contributed by atoms with Crippen molar-refractivity contribution in [2.45, 2.75) is 31.7 Å². The summed E-state index contributed by atoms with van der Waals surface area (Å²) >= 11 is 1.92. The number of benzene rings is 2. The van der Waals surface area contributed by atoms with Crippen LogP contribution in [0.15, 0.2) is 36.4 Å². The van der Waals surface area contributed by atoms with Crippen LogP contribution in [0, 0.1) is 0 Å². The van der Waals surface area contributed by atoms with E-state index in [-0.39, 0.29) is 5.91 Å². The van der Waals surface area contributed by atoms with E-state index in [1.54, 1.807) is 0 Å². The van der Waals surface area contributed by atoms with E-state index >= 15 is 0 Å². The van der Waals surface area contributed by atoms with Gasteiger partial charge in [0.1, 0.15) is 5.75 Å². The number of amides is 1. The molecule has 28 heavy (non-hydrogen) atoms. The van der Waals surface area contributed by atoms with Gasteiger partial charge in [-0.15, -0.1) is 0 Å². The molecule has 0 bridgehead atoms. The van der Waals surface area contributed by atoms with Crippen LogP contribution in [0.1, 0.15) is 36.0 Å². The van der Waals surface area contributed by atoms with Crippen LogP contribution in [-0.4, -0.2) is 66.5 Å². The maximum atomic E-state index is 12.7. The van der Waals surface area contributed by atoms with Gasteiger partial charge in [-0.2, -0.15) is 11.8 Å². The maximum Gasteiger partial charge on any atom is 0.253 e. The molecular weight excluding hydrogens is 368 g/mol. The normalized spacial score (nSPS) is 21.0. The minimum atomic E-state index is 0.152. The standard InChI is InChI=1S/C23H30N2O2S/c1-24-10-3-2-4-21(24)9-13-27-22-8-7-18-16-20(6-5-19(18)17-22)23(26)25-11-14-28-15-12-25/h5-8,16-17,21H,2-4,9-15H2,1H3. The van der Waals surface area contributed by atoms with Crippen LogP contribution in [0.3, 0.4) is 0 Å². The molecule has 0 radical (unpaired) electrons. The molecule has 2 aromatic rings. The quantitative estimate of drug-likeness (QED) is 0.753. The van der Waals surface area contributed by atoms with Gasteiger partial charge in [-0.3, -0.25) is 4.79 Å². The maximum absolute atomic E-state index is 12.7. The molecule has 2 aliphatic rings. The Morgan fingerprint density at radius 1 is 1.07 bits per heavy atom. The van der Waals surface area contributed by atoms with Crippen molar-refractivity contribution in [2.75, 3.05) is 44.8 Å². The Morgan fingerprint density at radius 3 is 2.68 bits per heavy atom. The molecule has 1 atom stereocenters. The molecular formula is C23H30N2O2S. The summed E-state index contributed by atoms with van der Waals surface area (Å²) in [6.07, 6.45) is 5.02. The van der Waals surface area contributed by atoms with Crippen molar-refractivity contribution < 1.29 is 9.53 Å². The third-order valence-electron chi connectivity index (χ3n) is 6.00. The van der Waals surface area contributed by atoms with Gasteiger partial charge in [-0.1, -0.05) is 18.6 Å². The SMILES string of the molecule is CN1CCCCC1CCOc1ccc2cc(C(=O)N3CCSCC3)ccc2c1. The van der Waals surface area contributed by atoms with E-state index in [0.29, 0.717) is 6.04 Å². The lowest BCUT2D eigenvalue weighted by molar-refractivity contribution is 0.0772. The van der Waals surface area contributed by atoms with Crippen LogP contribution >= 0.6 is 11.8 Å². The Balaban J connectivity index is 1.38. The van der Waals surface area contributed by atoms with Crippen molar-refractivity contribution in [3.8, 4) is 5.75 Å². The number of piperidine rings is 1. The van der Waals surface area contributed by atoms with E-state index < -0.39 is 0 Å². The van der Waals surface area contributed by atoms with E-state index in [1.807, 2.05) is 40.9 Å². The van der Waals surface area contributed by atoms with Crippen LogP contribution in [0.25, 0.3) is 10.8 Å². The smallest absolute Gasteiger partial charge is 0.253 e. The molecule has 2 saturated heterocycles. The average Bonchev–Trinajstić information content (AvgIpc) is 2.75. The minimum absolute atomic E-state index is 0.152. The summed E-state index contributed by atoms with van der Waals surface area (Å²) in [5.74, 6) is 3.14. The van der Waals surface area contributed by atoms with Crippen LogP contribution in [-0.2, 0) is 0 Å². The van der Waals surface area contributed by atoms with E-state index in [4.69, 9.17) is 4.74 Å². The second-order valence-corrected chi connectivity index (χ2v) is 9.12. The number of nitrogens with zero attached hydrogens (tertiary/aromatic N) is 2. The Morgan fingerprint density at radius 2 is 1.86 bits per heavy atom. The first-order valence-corrected chi connectivity index (χ1v) is 11.6. The molecule has 0 aliphatic carbocycles. The fraction of sp³-hybridized carbons (Fsp3) is 0.522. The van der Waals surface area contributed by atoms with Gasteiger partial charge in [0.2, 0.25) is 0 Å². The first-order chi connectivity index (χ1) is 13.7. The third-order valence-corrected chi connectivity index (χ3v) is 6.94. The number of hydrogen-bond donors (Lipinski definition) is 0. The van der Waals surface area contributed by atoms with Gasteiger partial charge in [0.05, 0.1) is 6.61 Å². The summed E-state index contributed by atoms with van der Waals surface area (Å²) < 4.78 is 6.03. The Bertz CT molecular complexity index is 819. The van der Waals surface area contributed by atoms with Gasteiger partial charge >= 0.3 is 0 Å². The van der Waals surface area contributed by atoms with Crippen molar-refractivity contribution in [1.29, 1.82) is 0 Å². The van der Waals surface area contributed by atoms with Crippen molar-refractivity contribution in [3.63, 3.8) is 0 Å². The molecule has 2 heterocycles. The lowest BCUT2D eigenvalue weighted by Gasteiger charge is -2.32. The zero-order valence-electron chi connectivity index (χ0n) is 16.7. The largest absolute Gasteiger partial charge is 0.494 e. The highest BCUT2D eigenvalue weighted by molar-refractivity contribution is 7.99. The number of thioether (sulfide) groups is 1. The molecule has 2 fully saturated rings. The molecule has 0 saturated carbocycles.